The van der Waals surface area contributed by atoms with E-state index in [4.69, 9.17) is 10.1 Å². The highest BCUT2D eigenvalue weighted by molar-refractivity contribution is 5.81. The van der Waals surface area contributed by atoms with Crippen LogP contribution in [0.15, 0.2) is 24.3 Å². The highest BCUT2D eigenvalue weighted by Crippen LogP contribution is 2.36. The third kappa shape index (κ3) is 3.11. The maximum absolute atomic E-state index is 5.11. The maximum Gasteiger partial charge on any atom is 0.165 e. The fourth-order valence-corrected chi connectivity index (χ4v) is 4.36. The lowest BCUT2D eigenvalue weighted by molar-refractivity contribution is 0.708. The van der Waals surface area contributed by atoms with Crippen LogP contribution in [0.2, 0.25) is 0 Å². The molecule has 0 bridgehead atoms. The van der Waals surface area contributed by atoms with E-state index in [1.807, 2.05) is 0 Å². The van der Waals surface area contributed by atoms with Gasteiger partial charge in [0.1, 0.15) is 5.82 Å². The van der Waals surface area contributed by atoms with Crippen LogP contribution in [0.1, 0.15) is 55.6 Å². The Kier molecular flexibility index (Phi) is 4.90. The van der Waals surface area contributed by atoms with Gasteiger partial charge in [-0.25, -0.2) is 4.98 Å². The van der Waals surface area contributed by atoms with Gasteiger partial charge < -0.3 is 4.90 Å². The van der Waals surface area contributed by atoms with Crippen molar-refractivity contribution in [3.63, 3.8) is 0 Å². The van der Waals surface area contributed by atoms with Gasteiger partial charge in [0.25, 0.3) is 0 Å². The molecule has 4 heteroatoms. The Morgan fingerprint density at radius 3 is 2.37 bits per heavy atom. The standard InChI is InChI=1S/C23H30N4/c1-5-14-26(15-6-2)23-19-8-7-9-20(19)24-22-21(17(4)25-27(22)23)18-12-10-16(3)11-13-18/h10-13H,5-9,14-15H2,1-4H3. The minimum Gasteiger partial charge on any atom is -0.356 e. The van der Waals surface area contributed by atoms with E-state index in [0.717, 1.165) is 50.1 Å². The minimum absolute atomic E-state index is 1.02. The molecule has 27 heavy (non-hydrogen) atoms. The molecular formula is C23H30N4. The zero-order valence-corrected chi connectivity index (χ0v) is 17.0. The van der Waals surface area contributed by atoms with E-state index in [1.165, 1.54) is 40.2 Å². The maximum atomic E-state index is 5.11. The van der Waals surface area contributed by atoms with Crippen molar-refractivity contribution < 1.29 is 0 Å². The molecular weight excluding hydrogens is 332 g/mol. The van der Waals surface area contributed by atoms with Crippen molar-refractivity contribution in [3.05, 3.63) is 46.8 Å². The molecule has 0 fully saturated rings. The molecule has 0 saturated carbocycles. The summed E-state index contributed by atoms with van der Waals surface area (Å²) in [7, 11) is 0. The number of aryl methyl sites for hydroxylation is 3. The molecule has 3 aromatic rings. The van der Waals surface area contributed by atoms with Gasteiger partial charge in [0, 0.05) is 29.9 Å². The van der Waals surface area contributed by atoms with E-state index < -0.39 is 0 Å². The minimum atomic E-state index is 1.02. The van der Waals surface area contributed by atoms with Crippen LogP contribution in [-0.2, 0) is 12.8 Å². The molecule has 2 aromatic heterocycles. The Morgan fingerprint density at radius 1 is 1.00 bits per heavy atom. The van der Waals surface area contributed by atoms with E-state index in [0.29, 0.717) is 0 Å². The van der Waals surface area contributed by atoms with Crippen LogP contribution < -0.4 is 4.90 Å². The third-order valence-corrected chi connectivity index (χ3v) is 5.56. The zero-order valence-electron chi connectivity index (χ0n) is 17.0. The predicted octanol–water partition coefficient (Wildman–Crippen LogP) is 5.13. The molecule has 0 amide bonds. The summed E-state index contributed by atoms with van der Waals surface area (Å²) in [5, 5.41) is 4.99. The van der Waals surface area contributed by atoms with Crippen molar-refractivity contribution in [3.8, 4) is 11.1 Å². The topological polar surface area (TPSA) is 33.4 Å². The quantitative estimate of drug-likeness (QED) is 0.609. The van der Waals surface area contributed by atoms with Gasteiger partial charge in [-0.1, -0.05) is 43.7 Å². The van der Waals surface area contributed by atoms with Crippen LogP contribution in [0.5, 0.6) is 0 Å². The summed E-state index contributed by atoms with van der Waals surface area (Å²) in [5.74, 6) is 1.29. The highest BCUT2D eigenvalue weighted by Gasteiger charge is 2.26. The molecule has 2 heterocycles. The van der Waals surface area contributed by atoms with Crippen molar-refractivity contribution in [2.45, 2.75) is 59.8 Å². The first-order chi connectivity index (χ1) is 13.1. The second-order valence-corrected chi connectivity index (χ2v) is 7.76. The average Bonchev–Trinajstić information content (AvgIpc) is 3.24. The first-order valence-electron chi connectivity index (χ1n) is 10.4. The molecule has 1 aliphatic carbocycles. The average molecular weight is 363 g/mol. The van der Waals surface area contributed by atoms with Crippen LogP contribution in [0, 0.1) is 13.8 Å². The van der Waals surface area contributed by atoms with Gasteiger partial charge in [-0.15, -0.1) is 0 Å². The third-order valence-electron chi connectivity index (χ3n) is 5.56. The highest BCUT2D eigenvalue weighted by atomic mass is 15.4. The monoisotopic (exact) mass is 362 g/mol. The molecule has 4 rings (SSSR count). The first-order valence-corrected chi connectivity index (χ1v) is 10.4. The fourth-order valence-electron chi connectivity index (χ4n) is 4.36. The van der Waals surface area contributed by atoms with Gasteiger partial charge in [0.05, 0.1) is 5.69 Å². The van der Waals surface area contributed by atoms with Crippen LogP contribution in [0.25, 0.3) is 16.8 Å². The van der Waals surface area contributed by atoms with E-state index in [2.05, 4.69) is 61.4 Å². The van der Waals surface area contributed by atoms with Crippen molar-refractivity contribution in [1.82, 2.24) is 14.6 Å². The fraction of sp³-hybridized carbons (Fsp3) is 0.478. The summed E-state index contributed by atoms with van der Waals surface area (Å²) >= 11 is 0. The van der Waals surface area contributed by atoms with Crippen LogP contribution in [0.4, 0.5) is 5.82 Å². The Morgan fingerprint density at radius 2 is 1.70 bits per heavy atom. The molecule has 0 saturated heterocycles. The molecule has 142 valence electrons. The summed E-state index contributed by atoms with van der Waals surface area (Å²) < 4.78 is 2.14. The Labute approximate surface area is 162 Å². The van der Waals surface area contributed by atoms with Gasteiger partial charge in [0.15, 0.2) is 5.65 Å². The Balaban J connectivity index is 1.98. The number of hydrogen-bond donors (Lipinski definition) is 0. The Hall–Kier alpha value is -2.36. The van der Waals surface area contributed by atoms with Crippen LogP contribution in [-0.4, -0.2) is 27.7 Å². The molecule has 0 atom stereocenters. The second-order valence-electron chi connectivity index (χ2n) is 7.76. The smallest absolute Gasteiger partial charge is 0.165 e. The van der Waals surface area contributed by atoms with Gasteiger partial charge in [0.2, 0.25) is 0 Å². The number of hydrogen-bond acceptors (Lipinski definition) is 3. The van der Waals surface area contributed by atoms with E-state index in [9.17, 15) is 0 Å². The summed E-state index contributed by atoms with van der Waals surface area (Å²) in [6.45, 7) is 10.9. The number of nitrogens with zero attached hydrogens (tertiary/aromatic N) is 4. The van der Waals surface area contributed by atoms with Gasteiger partial charge in [-0.3, -0.25) is 0 Å². The van der Waals surface area contributed by atoms with Crippen LogP contribution >= 0.6 is 0 Å². The van der Waals surface area contributed by atoms with Crippen molar-refractivity contribution in [2.24, 2.45) is 0 Å². The molecule has 0 radical (unpaired) electrons. The molecule has 4 nitrogen and oxygen atoms in total. The van der Waals surface area contributed by atoms with Crippen molar-refractivity contribution in [1.29, 1.82) is 0 Å². The van der Waals surface area contributed by atoms with Gasteiger partial charge >= 0.3 is 0 Å². The number of rotatable bonds is 6. The molecule has 0 unspecified atom stereocenters. The number of benzene rings is 1. The summed E-state index contributed by atoms with van der Waals surface area (Å²) in [6, 6.07) is 8.74. The summed E-state index contributed by atoms with van der Waals surface area (Å²) in [5.41, 5.74) is 8.44. The number of aromatic nitrogens is 3. The number of anilines is 1. The van der Waals surface area contributed by atoms with Crippen molar-refractivity contribution in [2.75, 3.05) is 18.0 Å². The second kappa shape index (κ2) is 7.34. The normalized spacial score (nSPS) is 13.3. The summed E-state index contributed by atoms with van der Waals surface area (Å²) in [4.78, 5) is 7.64. The van der Waals surface area contributed by atoms with Crippen molar-refractivity contribution >= 4 is 11.5 Å². The number of fused-ring (bicyclic) bond motifs is 2. The zero-order chi connectivity index (χ0) is 19.0. The van der Waals surface area contributed by atoms with E-state index >= 15 is 0 Å². The predicted molar refractivity (Wildman–Crippen MR) is 113 cm³/mol. The summed E-state index contributed by atoms with van der Waals surface area (Å²) in [6.07, 6.45) is 5.69. The van der Waals surface area contributed by atoms with Crippen LogP contribution in [0.3, 0.4) is 0 Å². The molecule has 0 N–H and O–H groups in total. The lowest BCUT2D eigenvalue weighted by Gasteiger charge is -2.26. The SMILES string of the molecule is CCCN(CCC)c1c2c(nc3c(-c4ccc(C)cc4)c(C)nn13)CCC2. The molecule has 1 aliphatic rings. The lowest BCUT2D eigenvalue weighted by atomic mass is 10.0. The lowest BCUT2D eigenvalue weighted by Crippen LogP contribution is -2.29. The van der Waals surface area contributed by atoms with Gasteiger partial charge in [-0.05, 0) is 51.5 Å². The largest absolute Gasteiger partial charge is 0.356 e. The molecule has 1 aromatic carbocycles. The molecule has 0 spiro atoms. The van der Waals surface area contributed by atoms with E-state index in [-0.39, 0.29) is 0 Å². The Bertz CT molecular complexity index is 947. The first kappa shape index (κ1) is 18.0. The van der Waals surface area contributed by atoms with E-state index in [1.54, 1.807) is 0 Å². The molecule has 0 aliphatic heterocycles. The van der Waals surface area contributed by atoms with Gasteiger partial charge in [-0.2, -0.15) is 9.61 Å².